The van der Waals surface area contributed by atoms with Gasteiger partial charge in [-0.3, -0.25) is 24.6 Å². The lowest BCUT2D eigenvalue weighted by molar-refractivity contribution is -0.156. The predicted molar refractivity (Wildman–Crippen MR) is 70.3 cm³/mol. The lowest BCUT2D eigenvalue weighted by Gasteiger charge is -2.31. The molecule has 2 heterocycles. The molecule has 0 aliphatic carbocycles. The van der Waals surface area contributed by atoms with E-state index in [0.29, 0.717) is 0 Å². The summed E-state index contributed by atoms with van der Waals surface area (Å²) in [5.74, 6) is -1.30. The van der Waals surface area contributed by atoms with E-state index in [4.69, 9.17) is 14.2 Å². The van der Waals surface area contributed by atoms with Crippen molar-refractivity contribution >= 4 is 23.9 Å². The van der Waals surface area contributed by atoms with Gasteiger partial charge >= 0.3 is 18.0 Å². The zero-order valence-electron chi connectivity index (χ0n) is 12.4. The van der Waals surface area contributed by atoms with Crippen LogP contribution in [0.4, 0.5) is 4.79 Å². The number of hydrogen-bond donors (Lipinski definition) is 1. The van der Waals surface area contributed by atoms with E-state index in [1.165, 1.54) is 18.7 Å². The zero-order chi connectivity index (χ0) is 16.3. The highest BCUT2D eigenvalue weighted by molar-refractivity contribution is 5.96. The zero-order valence-corrected chi connectivity index (χ0v) is 12.4. The van der Waals surface area contributed by atoms with Crippen molar-refractivity contribution in [2.24, 2.45) is 0 Å². The highest BCUT2D eigenvalue weighted by Crippen LogP contribution is 2.27. The van der Waals surface area contributed by atoms with Crippen molar-refractivity contribution in [1.29, 1.82) is 0 Å². The fraction of sp³-hybridized carbons (Fsp3) is 0.692. The summed E-state index contributed by atoms with van der Waals surface area (Å²) in [4.78, 5) is 46.4. The van der Waals surface area contributed by atoms with Gasteiger partial charge in [0.1, 0.15) is 25.0 Å². The number of hydrogen-bond acceptors (Lipinski definition) is 7. The summed E-state index contributed by atoms with van der Waals surface area (Å²) in [6.45, 7) is 2.68. The number of rotatable bonds is 4. The van der Waals surface area contributed by atoms with Crippen LogP contribution in [0.2, 0.25) is 0 Å². The van der Waals surface area contributed by atoms with Crippen molar-refractivity contribution < 1.29 is 33.4 Å². The first kappa shape index (κ1) is 16.2. The standard InChI is InChI=1S/C13H18N2O7/c1-7(16)20-6-10-9(21-8(2)17)5-12(22-10)15-4-3-11(18)14-13(15)19/h9-10,12H,3-6H2,1-2H3,(H,14,18,19). The van der Waals surface area contributed by atoms with Gasteiger partial charge in [0.2, 0.25) is 5.91 Å². The van der Waals surface area contributed by atoms with Crippen LogP contribution in [0.25, 0.3) is 0 Å². The fourth-order valence-electron chi connectivity index (χ4n) is 2.43. The molecule has 3 unspecified atom stereocenters. The molecule has 9 heteroatoms. The molecule has 3 atom stereocenters. The molecular formula is C13H18N2O7. The fourth-order valence-corrected chi connectivity index (χ4v) is 2.43. The maximum atomic E-state index is 11.8. The first-order chi connectivity index (χ1) is 10.4. The highest BCUT2D eigenvalue weighted by atomic mass is 16.6. The number of nitrogens with zero attached hydrogens (tertiary/aromatic N) is 1. The van der Waals surface area contributed by atoms with E-state index in [1.54, 1.807) is 0 Å². The van der Waals surface area contributed by atoms with Gasteiger partial charge in [-0.15, -0.1) is 0 Å². The minimum absolute atomic E-state index is 0.0713. The van der Waals surface area contributed by atoms with E-state index >= 15 is 0 Å². The molecular weight excluding hydrogens is 296 g/mol. The molecule has 1 N–H and O–H groups in total. The van der Waals surface area contributed by atoms with Gasteiger partial charge in [0.25, 0.3) is 0 Å². The normalized spacial score (nSPS) is 28.3. The third kappa shape index (κ3) is 3.94. The van der Waals surface area contributed by atoms with Gasteiger partial charge in [-0.2, -0.15) is 0 Å². The monoisotopic (exact) mass is 314 g/mol. The first-order valence-corrected chi connectivity index (χ1v) is 6.93. The van der Waals surface area contributed by atoms with Crippen molar-refractivity contribution in [3.05, 3.63) is 0 Å². The van der Waals surface area contributed by atoms with E-state index in [9.17, 15) is 19.2 Å². The lowest BCUT2D eigenvalue weighted by atomic mass is 10.1. The molecule has 0 aromatic carbocycles. The maximum absolute atomic E-state index is 11.8. The topological polar surface area (TPSA) is 111 Å². The minimum atomic E-state index is -0.650. The number of carbonyl (C=O) groups is 4. The average molecular weight is 314 g/mol. The molecule has 22 heavy (non-hydrogen) atoms. The third-order valence-corrected chi connectivity index (χ3v) is 3.38. The van der Waals surface area contributed by atoms with Crippen molar-refractivity contribution in [1.82, 2.24) is 10.2 Å². The number of imide groups is 1. The summed E-state index contributed by atoms with van der Waals surface area (Å²) in [6, 6.07) is -0.545. The Hall–Kier alpha value is -2.16. The second-order valence-electron chi connectivity index (χ2n) is 5.11. The number of ether oxygens (including phenoxy) is 3. The van der Waals surface area contributed by atoms with Gasteiger partial charge in [0.05, 0.1) is 0 Å². The Morgan fingerprint density at radius 2 is 2.05 bits per heavy atom. The Morgan fingerprint density at radius 3 is 2.64 bits per heavy atom. The maximum Gasteiger partial charge on any atom is 0.326 e. The first-order valence-electron chi connectivity index (χ1n) is 6.93. The molecule has 0 aromatic rings. The van der Waals surface area contributed by atoms with Crippen molar-refractivity contribution in [3.63, 3.8) is 0 Å². The summed E-state index contributed by atoms with van der Waals surface area (Å²) in [6.07, 6.45) is -1.47. The summed E-state index contributed by atoms with van der Waals surface area (Å²) in [5.41, 5.74) is 0. The molecule has 2 aliphatic heterocycles. The van der Waals surface area contributed by atoms with Crippen LogP contribution in [-0.2, 0) is 28.6 Å². The third-order valence-electron chi connectivity index (χ3n) is 3.38. The largest absolute Gasteiger partial charge is 0.463 e. The average Bonchev–Trinajstić information content (AvgIpc) is 2.78. The molecule has 2 rings (SSSR count). The van der Waals surface area contributed by atoms with Crippen molar-refractivity contribution in [2.75, 3.05) is 13.2 Å². The van der Waals surface area contributed by atoms with E-state index in [-0.39, 0.29) is 31.9 Å². The molecule has 0 saturated carbocycles. The molecule has 122 valence electrons. The predicted octanol–water partition coefficient (Wildman–Crippen LogP) is -0.462. The molecule has 9 nitrogen and oxygen atoms in total. The van der Waals surface area contributed by atoms with Gasteiger partial charge in [0, 0.05) is 33.2 Å². The number of nitrogens with one attached hydrogen (secondary N) is 1. The van der Waals surface area contributed by atoms with Crippen molar-refractivity contribution in [2.45, 2.75) is 45.1 Å². The quantitative estimate of drug-likeness (QED) is 0.699. The Bertz CT molecular complexity index is 493. The van der Waals surface area contributed by atoms with E-state index in [0.717, 1.165) is 0 Å². The van der Waals surface area contributed by atoms with E-state index in [1.807, 2.05) is 0 Å². The molecule has 2 fully saturated rings. The Kier molecular flexibility index (Phi) is 4.96. The van der Waals surface area contributed by atoms with Gasteiger partial charge in [-0.1, -0.05) is 0 Å². The Balaban J connectivity index is 2.01. The van der Waals surface area contributed by atoms with Crippen LogP contribution in [0.1, 0.15) is 26.7 Å². The van der Waals surface area contributed by atoms with Gasteiger partial charge in [-0.05, 0) is 0 Å². The molecule has 2 aliphatic rings. The smallest absolute Gasteiger partial charge is 0.326 e. The lowest BCUT2D eigenvalue weighted by Crippen LogP contribution is -2.53. The molecule has 0 aromatic heterocycles. The second-order valence-corrected chi connectivity index (χ2v) is 5.11. The Labute approximate surface area is 126 Å². The van der Waals surface area contributed by atoms with Crippen LogP contribution >= 0.6 is 0 Å². The number of urea groups is 1. The van der Waals surface area contributed by atoms with Gasteiger partial charge < -0.3 is 14.2 Å². The van der Waals surface area contributed by atoms with E-state index in [2.05, 4.69) is 5.32 Å². The summed E-state index contributed by atoms with van der Waals surface area (Å²) < 4.78 is 15.7. The number of carbonyl (C=O) groups excluding carboxylic acids is 4. The van der Waals surface area contributed by atoms with Crippen LogP contribution in [0.5, 0.6) is 0 Å². The van der Waals surface area contributed by atoms with Crippen LogP contribution in [0, 0.1) is 0 Å². The van der Waals surface area contributed by atoms with Crippen LogP contribution in [0.3, 0.4) is 0 Å². The Morgan fingerprint density at radius 1 is 1.32 bits per heavy atom. The molecule has 0 bridgehead atoms. The SMILES string of the molecule is CC(=O)OCC1OC(N2CCC(=O)NC2=O)CC1OC(C)=O. The van der Waals surface area contributed by atoms with Gasteiger partial charge in [-0.25, -0.2) is 4.79 Å². The summed E-state index contributed by atoms with van der Waals surface area (Å²) in [5, 5.41) is 2.20. The molecule has 2 saturated heterocycles. The molecule has 0 radical (unpaired) electrons. The van der Waals surface area contributed by atoms with Crippen LogP contribution in [0.15, 0.2) is 0 Å². The number of esters is 2. The summed E-state index contributed by atoms with van der Waals surface area (Å²) >= 11 is 0. The number of amides is 3. The minimum Gasteiger partial charge on any atom is -0.463 e. The molecule has 0 spiro atoms. The van der Waals surface area contributed by atoms with Crippen molar-refractivity contribution in [3.8, 4) is 0 Å². The molecule has 3 amide bonds. The second kappa shape index (κ2) is 6.73. The van der Waals surface area contributed by atoms with Crippen LogP contribution in [-0.4, -0.2) is 60.4 Å². The van der Waals surface area contributed by atoms with Gasteiger partial charge in [0.15, 0.2) is 0 Å². The van der Waals surface area contributed by atoms with Crippen LogP contribution < -0.4 is 5.32 Å². The van der Waals surface area contributed by atoms with E-state index < -0.39 is 36.4 Å². The summed E-state index contributed by atoms with van der Waals surface area (Å²) in [7, 11) is 0. The highest BCUT2D eigenvalue weighted by Gasteiger charge is 2.43.